The molecule has 1 aliphatic heterocycles. The molecule has 3 heteroatoms. The van der Waals surface area contributed by atoms with Gasteiger partial charge in [-0.25, -0.2) is 0 Å². The number of halogens is 1. The first kappa shape index (κ1) is 11.7. The fourth-order valence-electron chi connectivity index (χ4n) is 1.92. The van der Waals surface area contributed by atoms with Crippen LogP contribution in [0.25, 0.3) is 0 Å². The number of likely N-dealkylation sites (tertiary alicyclic amines) is 1. The number of nitrogens with zero attached hydrogens (tertiary/aromatic N) is 1. The molecule has 0 aromatic rings. The zero-order chi connectivity index (χ0) is 10.6. The first-order valence-corrected chi connectivity index (χ1v) is 5.55. The maximum atomic E-state index is 11.2. The van der Waals surface area contributed by atoms with E-state index in [0.29, 0.717) is 5.78 Å². The van der Waals surface area contributed by atoms with E-state index >= 15 is 0 Å². The van der Waals surface area contributed by atoms with Crippen molar-refractivity contribution in [1.29, 1.82) is 0 Å². The van der Waals surface area contributed by atoms with Crippen molar-refractivity contribution < 1.29 is 4.79 Å². The first-order chi connectivity index (χ1) is 6.63. The zero-order valence-corrected chi connectivity index (χ0v) is 9.68. The molecule has 1 unspecified atom stereocenters. The van der Waals surface area contributed by atoms with Crippen molar-refractivity contribution in [1.82, 2.24) is 4.90 Å². The van der Waals surface area contributed by atoms with Crippen LogP contribution >= 0.6 is 11.6 Å². The fourth-order valence-corrected chi connectivity index (χ4v) is 1.99. The van der Waals surface area contributed by atoms with Gasteiger partial charge in [-0.3, -0.25) is 9.69 Å². The van der Waals surface area contributed by atoms with E-state index in [0.717, 1.165) is 38.0 Å². The normalized spacial score (nSPS) is 25.1. The van der Waals surface area contributed by atoms with E-state index in [1.54, 1.807) is 12.5 Å². The van der Waals surface area contributed by atoms with Crippen LogP contribution < -0.4 is 0 Å². The SMILES string of the molecule is CC(=O)C1CCCN(CC(C)=CCl)C1. The molecule has 1 fully saturated rings. The quantitative estimate of drug-likeness (QED) is 0.721. The van der Waals surface area contributed by atoms with Crippen LogP contribution in [0.1, 0.15) is 26.7 Å². The zero-order valence-electron chi connectivity index (χ0n) is 8.92. The van der Waals surface area contributed by atoms with E-state index in [-0.39, 0.29) is 5.92 Å². The number of carbonyl (C=O) groups is 1. The molecule has 1 rings (SSSR count). The Morgan fingerprint density at radius 2 is 2.29 bits per heavy atom. The van der Waals surface area contributed by atoms with Crippen molar-refractivity contribution in [3.05, 3.63) is 11.1 Å². The third-order valence-corrected chi connectivity index (χ3v) is 3.11. The van der Waals surface area contributed by atoms with E-state index in [4.69, 9.17) is 11.6 Å². The fraction of sp³-hybridized carbons (Fsp3) is 0.727. The minimum absolute atomic E-state index is 0.242. The number of hydrogen-bond donors (Lipinski definition) is 0. The number of carbonyl (C=O) groups excluding carboxylic acids is 1. The molecule has 1 aliphatic rings. The summed E-state index contributed by atoms with van der Waals surface area (Å²) in [4.78, 5) is 13.5. The first-order valence-electron chi connectivity index (χ1n) is 5.12. The van der Waals surface area contributed by atoms with Gasteiger partial charge in [0.25, 0.3) is 0 Å². The molecule has 0 aromatic carbocycles. The van der Waals surface area contributed by atoms with E-state index in [1.807, 2.05) is 6.92 Å². The Balaban J connectivity index is 2.44. The highest BCUT2D eigenvalue weighted by Crippen LogP contribution is 2.18. The molecule has 0 amide bonds. The summed E-state index contributed by atoms with van der Waals surface area (Å²) in [5.41, 5.74) is 2.79. The van der Waals surface area contributed by atoms with Gasteiger partial charge >= 0.3 is 0 Å². The van der Waals surface area contributed by atoms with Crippen molar-refractivity contribution >= 4 is 17.4 Å². The molecule has 0 spiro atoms. The number of hydrogen-bond acceptors (Lipinski definition) is 2. The summed E-state index contributed by atoms with van der Waals surface area (Å²) in [5.74, 6) is 0.564. The lowest BCUT2D eigenvalue weighted by atomic mass is 9.94. The molecule has 1 heterocycles. The van der Waals surface area contributed by atoms with Crippen LogP contribution in [0.5, 0.6) is 0 Å². The molecule has 1 saturated heterocycles. The number of rotatable bonds is 3. The summed E-state index contributed by atoms with van der Waals surface area (Å²) in [7, 11) is 0. The highest BCUT2D eigenvalue weighted by Gasteiger charge is 2.22. The van der Waals surface area contributed by atoms with Crippen LogP contribution in [0.3, 0.4) is 0 Å². The molecular formula is C11H18ClNO. The van der Waals surface area contributed by atoms with E-state index in [9.17, 15) is 4.79 Å². The van der Waals surface area contributed by atoms with Gasteiger partial charge in [0.2, 0.25) is 0 Å². The summed E-state index contributed by atoms with van der Waals surface area (Å²) < 4.78 is 0. The average Bonchev–Trinajstić information content (AvgIpc) is 2.18. The molecule has 0 radical (unpaired) electrons. The van der Waals surface area contributed by atoms with Crippen LogP contribution in [-0.2, 0) is 4.79 Å². The molecule has 80 valence electrons. The molecule has 0 bridgehead atoms. The van der Waals surface area contributed by atoms with Gasteiger partial charge in [-0.2, -0.15) is 0 Å². The highest BCUT2D eigenvalue weighted by molar-refractivity contribution is 6.25. The molecule has 2 nitrogen and oxygen atoms in total. The summed E-state index contributed by atoms with van der Waals surface area (Å²) >= 11 is 5.61. The summed E-state index contributed by atoms with van der Waals surface area (Å²) in [6.45, 7) is 6.60. The maximum absolute atomic E-state index is 11.2. The summed E-state index contributed by atoms with van der Waals surface area (Å²) in [6, 6.07) is 0. The lowest BCUT2D eigenvalue weighted by Gasteiger charge is -2.31. The standard InChI is InChI=1S/C11H18ClNO/c1-9(6-12)7-13-5-3-4-11(8-13)10(2)14/h6,11H,3-5,7-8H2,1-2H3. The van der Waals surface area contributed by atoms with Gasteiger partial charge in [-0.15, -0.1) is 0 Å². The molecule has 0 saturated carbocycles. The van der Waals surface area contributed by atoms with Gasteiger partial charge in [0.15, 0.2) is 0 Å². The molecule has 14 heavy (non-hydrogen) atoms. The predicted molar refractivity (Wildman–Crippen MR) is 59.5 cm³/mol. The van der Waals surface area contributed by atoms with Crippen molar-refractivity contribution in [3.63, 3.8) is 0 Å². The Labute approximate surface area is 90.9 Å². The second kappa shape index (κ2) is 5.52. The molecule has 1 atom stereocenters. The van der Waals surface area contributed by atoms with Crippen molar-refractivity contribution in [2.45, 2.75) is 26.7 Å². The third-order valence-electron chi connectivity index (χ3n) is 2.74. The Hall–Kier alpha value is -0.340. The van der Waals surface area contributed by atoms with Crippen LogP contribution in [0.2, 0.25) is 0 Å². The second-order valence-corrected chi connectivity index (χ2v) is 4.36. The van der Waals surface area contributed by atoms with Gasteiger partial charge in [-0.05, 0) is 38.8 Å². The Morgan fingerprint density at radius 1 is 1.57 bits per heavy atom. The number of ketones is 1. The average molecular weight is 216 g/mol. The second-order valence-electron chi connectivity index (χ2n) is 4.14. The minimum atomic E-state index is 0.242. The lowest BCUT2D eigenvalue weighted by molar-refractivity contribution is -0.122. The monoisotopic (exact) mass is 215 g/mol. The van der Waals surface area contributed by atoms with Gasteiger partial charge < -0.3 is 0 Å². The molecule has 0 N–H and O–H groups in total. The van der Waals surface area contributed by atoms with E-state index in [1.165, 1.54) is 0 Å². The lowest BCUT2D eigenvalue weighted by Crippen LogP contribution is -2.38. The Kier molecular flexibility index (Phi) is 4.63. The number of Topliss-reactive ketones (excluding diaryl/α,β-unsaturated/α-hetero) is 1. The van der Waals surface area contributed by atoms with Crippen molar-refractivity contribution in [2.75, 3.05) is 19.6 Å². The molecule has 0 aromatic heterocycles. The van der Waals surface area contributed by atoms with E-state index < -0.39 is 0 Å². The topological polar surface area (TPSA) is 20.3 Å². The van der Waals surface area contributed by atoms with Crippen LogP contribution in [-0.4, -0.2) is 30.3 Å². The van der Waals surface area contributed by atoms with Gasteiger partial charge in [0.05, 0.1) is 0 Å². The van der Waals surface area contributed by atoms with Gasteiger partial charge in [0, 0.05) is 24.5 Å². The predicted octanol–water partition coefficient (Wildman–Crippen LogP) is 2.43. The third kappa shape index (κ3) is 3.43. The van der Waals surface area contributed by atoms with Crippen LogP contribution in [0, 0.1) is 5.92 Å². The number of piperidine rings is 1. The summed E-state index contributed by atoms with van der Waals surface area (Å²) in [6.07, 6.45) is 2.18. The molecular weight excluding hydrogens is 198 g/mol. The smallest absolute Gasteiger partial charge is 0.134 e. The maximum Gasteiger partial charge on any atom is 0.134 e. The van der Waals surface area contributed by atoms with Gasteiger partial charge in [0.1, 0.15) is 5.78 Å². The van der Waals surface area contributed by atoms with Crippen LogP contribution in [0.4, 0.5) is 0 Å². The summed E-state index contributed by atoms with van der Waals surface area (Å²) in [5, 5.41) is 0. The van der Waals surface area contributed by atoms with Crippen molar-refractivity contribution in [3.8, 4) is 0 Å². The largest absolute Gasteiger partial charge is 0.300 e. The van der Waals surface area contributed by atoms with E-state index in [2.05, 4.69) is 4.90 Å². The minimum Gasteiger partial charge on any atom is -0.300 e. The van der Waals surface area contributed by atoms with Crippen LogP contribution in [0.15, 0.2) is 11.1 Å². The Morgan fingerprint density at radius 3 is 2.86 bits per heavy atom. The highest BCUT2D eigenvalue weighted by atomic mass is 35.5. The Bertz CT molecular complexity index is 237. The molecule has 0 aliphatic carbocycles. The van der Waals surface area contributed by atoms with Gasteiger partial charge in [-0.1, -0.05) is 11.6 Å². The van der Waals surface area contributed by atoms with Crippen molar-refractivity contribution in [2.24, 2.45) is 5.92 Å².